The molecule has 2 unspecified atom stereocenters. The van der Waals surface area contributed by atoms with Crippen molar-refractivity contribution in [3.8, 4) is 0 Å². The number of likely N-dealkylation sites (tertiary alicyclic amines) is 1. The van der Waals surface area contributed by atoms with E-state index in [-0.39, 0.29) is 17.8 Å². The lowest BCUT2D eigenvalue weighted by molar-refractivity contribution is -0.145. The van der Waals surface area contributed by atoms with E-state index in [2.05, 4.69) is 45.7 Å². The van der Waals surface area contributed by atoms with Gasteiger partial charge in [-0.25, -0.2) is 4.98 Å². The molecule has 1 saturated heterocycles. The van der Waals surface area contributed by atoms with E-state index in [1.165, 1.54) is 12.7 Å². The molecule has 7 heteroatoms. The largest absolute Gasteiger partial charge is 0.469 e. The molecule has 7 nitrogen and oxygen atoms in total. The second-order valence-corrected chi connectivity index (χ2v) is 6.89. The number of nitrogens with one attached hydrogen (secondary N) is 1. The number of carbonyl (C=O) groups is 1. The molecular formula is C19H27N5O2. The van der Waals surface area contributed by atoms with E-state index in [9.17, 15) is 4.79 Å². The summed E-state index contributed by atoms with van der Waals surface area (Å²) in [5.41, 5.74) is 3.22. The van der Waals surface area contributed by atoms with Gasteiger partial charge in [0.2, 0.25) is 0 Å². The van der Waals surface area contributed by atoms with Crippen LogP contribution in [0.25, 0.3) is 5.65 Å². The summed E-state index contributed by atoms with van der Waals surface area (Å²) in [5.74, 6) is 0.834. The normalized spacial score (nSPS) is 20.6. The molecule has 1 aliphatic heterocycles. The summed E-state index contributed by atoms with van der Waals surface area (Å²) >= 11 is 0. The van der Waals surface area contributed by atoms with Crippen LogP contribution in [0.2, 0.25) is 0 Å². The van der Waals surface area contributed by atoms with Gasteiger partial charge in [0.25, 0.3) is 0 Å². The van der Waals surface area contributed by atoms with Crippen LogP contribution in [0, 0.1) is 18.8 Å². The number of esters is 1. The molecule has 0 aliphatic carbocycles. The average Bonchev–Trinajstić information content (AvgIpc) is 3.22. The molecule has 140 valence electrons. The Morgan fingerprint density at radius 2 is 2.27 bits per heavy atom. The zero-order valence-electron chi connectivity index (χ0n) is 15.9. The van der Waals surface area contributed by atoms with E-state index in [1.54, 1.807) is 7.05 Å². The number of aromatic nitrogens is 2. The first-order valence-corrected chi connectivity index (χ1v) is 9.00. The van der Waals surface area contributed by atoms with Crippen molar-refractivity contribution < 1.29 is 9.53 Å². The number of imidazole rings is 1. The van der Waals surface area contributed by atoms with Crippen LogP contribution in [0.5, 0.6) is 0 Å². The summed E-state index contributed by atoms with van der Waals surface area (Å²) in [6, 6.07) is 4.10. The highest BCUT2D eigenvalue weighted by Crippen LogP contribution is 2.24. The van der Waals surface area contributed by atoms with Crippen molar-refractivity contribution in [2.75, 3.05) is 33.8 Å². The second-order valence-electron chi connectivity index (χ2n) is 6.89. The first-order chi connectivity index (χ1) is 12.5. The number of ether oxygens (including phenoxy) is 1. The van der Waals surface area contributed by atoms with Gasteiger partial charge < -0.3 is 19.4 Å². The van der Waals surface area contributed by atoms with Crippen LogP contribution in [-0.2, 0) is 16.0 Å². The first-order valence-electron chi connectivity index (χ1n) is 9.00. The number of nitrogens with zero attached hydrogens (tertiary/aromatic N) is 4. The van der Waals surface area contributed by atoms with Crippen molar-refractivity contribution in [2.24, 2.45) is 16.8 Å². The van der Waals surface area contributed by atoms with Gasteiger partial charge in [0.1, 0.15) is 5.65 Å². The van der Waals surface area contributed by atoms with Gasteiger partial charge in [-0.05, 0) is 24.5 Å². The zero-order valence-corrected chi connectivity index (χ0v) is 15.9. The fourth-order valence-electron chi connectivity index (χ4n) is 3.56. The first kappa shape index (κ1) is 18.2. The molecule has 1 fully saturated rings. The molecule has 3 heterocycles. The molecule has 0 aromatic carbocycles. The summed E-state index contributed by atoms with van der Waals surface area (Å²) in [6.07, 6.45) is 4.89. The zero-order chi connectivity index (χ0) is 18.7. The lowest BCUT2D eigenvalue weighted by Crippen LogP contribution is -2.41. The maximum absolute atomic E-state index is 11.9. The predicted octanol–water partition coefficient (Wildman–Crippen LogP) is 1.50. The Morgan fingerprint density at radius 1 is 1.46 bits per heavy atom. The van der Waals surface area contributed by atoms with E-state index < -0.39 is 0 Å². The number of hydrogen-bond donors (Lipinski definition) is 1. The van der Waals surface area contributed by atoms with E-state index in [0.29, 0.717) is 6.54 Å². The van der Waals surface area contributed by atoms with Gasteiger partial charge >= 0.3 is 5.97 Å². The molecule has 26 heavy (non-hydrogen) atoms. The molecule has 3 rings (SSSR count). The number of aliphatic imine (C=N–C) groups is 1. The van der Waals surface area contributed by atoms with E-state index >= 15 is 0 Å². The maximum atomic E-state index is 11.9. The van der Waals surface area contributed by atoms with Gasteiger partial charge in [0, 0.05) is 45.5 Å². The van der Waals surface area contributed by atoms with Crippen LogP contribution in [0.4, 0.5) is 0 Å². The smallest absolute Gasteiger partial charge is 0.310 e. The summed E-state index contributed by atoms with van der Waals surface area (Å²) in [6.45, 7) is 6.32. The minimum absolute atomic E-state index is 0.0973. The van der Waals surface area contributed by atoms with Gasteiger partial charge in [-0.15, -0.1) is 0 Å². The molecule has 0 radical (unpaired) electrons. The standard InChI is InChI=1S/C19H27N5O2/c1-13-6-5-9-23-11-15(22-17(13)23)7-8-21-19(20-3)24-10-14(2)16(12-24)18(25)26-4/h5-6,9,11,14,16H,7-8,10,12H2,1-4H3,(H,20,21). The number of methoxy groups -OCH3 is 1. The minimum Gasteiger partial charge on any atom is -0.469 e. The van der Waals surface area contributed by atoms with Crippen LogP contribution >= 0.6 is 0 Å². The van der Waals surface area contributed by atoms with Crippen molar-refractivity contribution in [2.45, 2.75) is 20.3 Å². The highest BCUT2D eigenvalue weighted by molar-refractivity contribution is 5.82. The van der Waals surface area contributed by atoms with Gasteiger partial charge in [-0.2, -0.15) is 0 Å². The van der Waals surface area contributed by atoms with E-state index in [4.69, 9.17) is 9.72 Å². The summed E-state index contributed by atoms with van der Waals surface area (Å²) in [4.78, 5) is 23.1. The lowest BCUT2D eigenvalue weighted by Gasteiger charge is -2.21. The van der Waals surface area contributed by atoms with Crippen molar-refractivity contribution in [3.63, 3.8) is 0 Å². The number of fused-ring (bicyclic) bond motifs is 1. The van der Waals surface area contributed by atoms with Crippen molar-refractivity contribution in [3.05, 3.63) is 35.8 Å². The summed E-state index contributed by atoms with van der Waals surface area (Å²) in [7, 11) is 3.22. The van der Waals surface area contributed by atoms with Crippen molar-refractivity contribution in [1.82, 2.24) is 19.6 Å². The average molecular weight is 357 g/mol. The quantitative estimate of drug-likeness (QED) is 0.510. The number of pyridine rings is 1. The topological polar surface area (TPSA) is 71.2 Å². The molecule has 2 aromatic rings. The molecule has 1 aliphatic rings. The summed E-state index contributed by atoms with van der Waals surface area (Å²) < 4.78 is 6.97. The maximum Gasteiger partial charge on any atom is 0.310 e. The number of aryl methyl sites for hydroxylation is 1. The third kappa shape index (κ3) is 3.66. The summed E-state index contributed by atoms with van der Waals surface area (Å²) in [5, 5.41) is 3.39. The fourth-order valence-corrected chi connectivity index (χ4v) is 3.56. The van der Waals surface area contributed by atoms with Gasteiger partial charge in [-0.1, -0.05) is 13.0 Å². The molecule has 2 aromatic heterocycles. The van der Waals surface area contributed by atoms with Crippen molar-refractivity contribution >= 4 is 17.6 Å². The Kier molecular flexibility index (Phi) is 5.44. The second kappa shape index (κ2) is 7.76. The van der Waals surface area contributed by atoms with Gasteiger partial charge in [-0.3, -0.25) is 9.79 Å². The Hall–Kier alpha value is -2.57. The fraction of sp³-hybridized carbons (Fsp3) is 0.526. The number of rotatable bonds is 4. The monoisotopic (exact) mass is 357 g/mol. The SMILES string of the molecule is CN=C(NCCc1cn2cccc(C)c2n1)N1CC(C)C(C(=O)OC)C1. The van der Waals surface area contributed by atoms with Gasteiger partial charge in [0.15, 0.2) is 5.96 Å². The third-order valence-corrected chi connectivity index (χ3v) is 5.02. The molecule has 0 spiro atoms. The number of hydrogen-bond acceptors (Lipinski definition) is 4. The Labute approximate surface area is 154 Å². The van der Waals surface area contributed by atoms with Crippen LogP contribution < -0.4 is 5.32 Å². The Morgan fingerprint density at radius 3 is 2.96 bits per heavy atom. The van der Waals surface area contributed by atoms with E-state index in [1.807, 2.05) is 12.3 Å². The van der Waals surface area contributed by atoms with Crippen LogP contribution in [-0.4, -0.2) is 60.0 Å². The van der Waals surface area contributed by atoms with Crippen LogP contribution in [0.15, 0.2) is 29.5 Å². The predicted molar refractivity (Wildman–Crippen MR) is 101 cm³/mol. The number of guanidine groups is 1. The van der Waals surface area contributed by atoms with E-state index in [0.717, 1.165) is 36.8 Å². The Bertz CT molecular complexity index is 813. The van der Waals surface area contributed by atoms with Crippen LogP contribution in [0.1, 0.15) is 18.2 Å². The molecule has 2 atom stereocenters. The van der Waals surface area contributed by atoms with Crippen LogP contribution in [0.3, 0.4) is 0 Å². The Balaban J connectivity index is 1.57. The number of carbonyl (C=O) groups excluding carboxylic acids is 1. The highest BCUT2D eigenvalue weighted by atomic mass is 16.5. The minimum atomic E-state index is -0.143. The molecule has 0 amide bonds. The lowest BCUT2D eigenvalue weighted by atomic mass is 9.99. The molecule has 0 saturated carbocycles. The van der Waals surface area contributed by atoms with Gasteiger partial charge in [0.05, 0.1) is 18.7 Å². The molecule has 1 N–H and O–H groups in total. The molecular weight excluding hydrogens is 330 g/mol. The van der Waals surface area contributed by atoms with Crippen molar-refractivity contribution in [1.29, 1.82) is 0 Å². The molecule has 0 bridgehead atoms. The highest BCUT2D eigenvalue weighted by Gasteiger charge is 2.36. The third-order valence-electron chi connectivity index (χ3n) is 5.02.